The molecule has 1 saturated heterocycles. The van der Waals surface area contributed by atoms with Crippen LogP contribution in [0.5, 0.6) is 0 Å². The van der Waals surface area contributed by atoms with Crippen molar-refractivity contribution >= 4 is 22.6 Å². The van der Waals surface area contributed by atoms with E-state index in [2.05, 4.69) is 0 Å². The highest BCUT2D eigenvalue weighted by Gasteiger charge is 2.39. The van der Waals surface area contributed by atoms with Crippen LogP contribution in [0.3, 0.4) is 0 Å². The quantitative estimate of drug-likeness (QED) is 0.938. The molecule has 1 aliphatic rings. The minimum absolute atomic E-state index is 0.173. The lowest BCUT2D eigenvalue weighted by Gasteiger charge is -2.21. The summed E-state index contributed by atoms with van der Waals surface area (Å²) in [5.74, 6) is -1.15. The molecular formula is C18H19NO4. The van der Waals surface area contributed by atoms with Gasteiger partial charge in [-0.15, -0.1) is 0 Å². The van der Waals surface area contributed by atoms with E-state index >= 15 is 0 Å². The number of hydrogen-bond donors (Lipinski definition) is 1. The van der Waals surface area contributed by atoms with Gasteiger partial charge in [-0.1, -0.05) is 42.5 Å². The zero-order chi connectivity index (χ0) is 16.4. The van der Waals surface area contributed by atoms with Crippen LogP contribution in [0.1, 0.15) is 12.0 Å². The molecule has 2 atom stereocenters. The number of carboxylic acid groups (broad SMARTS) is 1. The van der Waals surface area contributed by atoms with Gasteiger partial charge in [-0.3, -0.25) is 4.79 Å². The van der Waals surface area contributed by atoms with Crippen LogP contribution in [0.25, 0.3) is 10.8 Å². The van der Waals surface area contributed by atoms with Gasteiger partial charge in [0.15, 0.2) is 0 Å². The van der Waals surface area contributed by atoms with Crippen LogP contribution in [0, 0.1) is 0 Å². The maximum absolute atomic E-state index is 12.6. The number of carbonyl (C=O) groups is 2. The first-order chi connectivity index (χ1) is 11.1. The average molecular weight is 313 g/mol. The lowest BCUT2D eigenvalue weighted by Crippen LogP contribution is -2.41. The number of ether oxygens (including phenoxy) is 1. The van der Waals surface area contributed by atoms with Gasteiger partial charge in [0.05, 0.1) is 12.5 Å². The van der Waals surface area contributed by atoms with Crippen molar-refractivity contribution in [3.8, 4) is 0 Å². The van der Waals surface area contributed by atoms with Crippen LogP contribution in [0.2, 0.25) is 0 Å². The van der Waals surface area contributed by atoms with Crippen LogP contribution in [-0.2, 0) is 20.7 Å². The highest BCUT2D eigenvalue weighted by atomic mass is 16.5. The number of carbonyl (C=O) groups excluding carboxylic acids is 1. The van der Waals surface area contributed by atoms with Crippen molar-refractivity contribution in [2.45, 2.75) is 25.0 Å². The largest absolute Gasteiger partial charge is 0.480 e. The van der Waals surface area contributed by atoms with E-state index in [0.29, 0.717) is 13.0 Å². The molecule has 3 rings (SSSR count). The van der Waals surface area contributed by atoms with Gasteiger partial charge < -0.3 is 14.7 Å². The number of amides is 1. The molecular weight excluding hydrogens is 294 g/mol. The van der Waals surface area contributed by atoms with Gasteiger partial charge in [0.2, 0.25) is 5.91 Å². The summed E-state index contributed by atoms with van der Waals surface area (Å²) in [6.45, 7) is 0.330. The van der Waals surface area contributed by atoms with E-state index < -0.39 is 12.0 Å². The van der Waals surface area contributed by atoms with Crippen molar-refractivity contribution in [2.24, 2.45) is 0 Å². The van der Waals surface area contributed by atoms with Crippen LogP contribution in [0.15, 0.2) is 42.5 Å². The number of methoxy groups -OCH3 is 1. The third-order valence-corrected chi connectivity index (χ3v) is 4.42. The maximum Gasteiger partial charge on any atom is 0.326 e. The van der Waals surface area contributed by atoms with Gasteiger partial charge in [0.1, 0.15) is 6.04 Å². The number of fused-ring (bicyclic) bond motifs is 1. The molecule has 0 aliphatic carbocycles. The third-order valence-electron chi connectivity index (χ3n) is 4.42. The number of aliphatic carboxylic acids is 1. The Bertz CT molecular complexity index is 737. The van der Waals surface area contributed by atoms with Gasteiger partial charge in [-0.2, -0.15) is 0 Å². The minimum Gasteiger partial charge on any atom is -0.480 e. The molecule has 0 spiro atoms. The lowest BCUT2D eigenvalue weighted by atomic mass is 10.0. The van der Waals surface area contributed by atoms with Crippen molar-refractivity contribution in [3.63, 3.8) is 0 Å². The minimum atomic E-state index is -0.976. The van der Waals surface area contributed by atoms with E-state index in [0.717, 1.165) is 16.3 Å². The molecule has 1 fully saturated rings. The first-order valence-electron chi connectivity index (χ1n) is 7.62. The number of rotatable bonds is 4. The van der Waals surface area contributed by atoms with Gasteiger partial charge in [-0.05, 0) is 16.3 Å². The fraction of sp³-hybridized carbons (Fsp3) is 0.333. The molecule has 5 nitrogen and oxygen atoms in total. The van der Waals surface area contributed by atoms with E-state index in [4.69, 9.17) is 4.74 Å². The fourth-order valence-corrected chi connectivity index (χ4v) is 3.19. The maximum atomic E-state index is 12.6. The molecule has 0 aromatic heterocycles. The van der Waals surface area contributed by atoms with Crippen LogP contribution >= 0.6 is 0 Å². The van der Waals surface area contributed by atoms with Gasteiger partial charge in [-0.25, -0.2) is 4.79 Å². The molecule has 23 heavy (non-hydrogen) atoms. The summed E-state index contributed by atoms with van der Waals surface area (Å²) < 4.78 is 5.24. The molecule has 0 bridgehead atoms. The third kappa shape index (κ3) is 3.05. The first-order valence-corrected chi connectivity index (χ1v) is 7.62. The van der Waals surface area contributed by atoms with Crippen molar-refractivity contribution in [2.75, 3.05) is 13.7 Å². The molecule has 5 heteroatoms. The molecule has 1 amide bonds. The lowest BCUT2D eigenvalue weighted by molar-refractivity contribution is -0.147. The topological polar surface area (TPSA) is 66.8 Å². The molecule has 1 aliphatic heterocycles. The Morgan fingerprint density at radius 2 is 1.96 bits per heavy atom. The van der Waals surface area contributed by atoms with Crippen molar-refractivity contribution < 1.29 is 19.4 Å². The first kappa shape index (κ1) is 15.5. The molecule has 2 aromatic rings. The second-order valence-corrected chi connectivity index (χ2v) is 5.81. The Hall–Kier alpha value is -2.40. The van der Waals surface area contributed by atoms with E-state index in [1.807, 2.05) is 42.5 Å². The number of hydrogen-bond acceptors (Lipinski definition) is 3. The normalized spacial score (nSPS) is 20.8. The Kier molecular flexibility index (Phi) is 4.30. The number of nitrogens with zero attached hydrogens (tertiary/aromatic N) is 1. The summed E-state index contributed by atoms with van der Waals surface area (Å²) >= 11 is 0. The van der Waals surface area contributed by atoms with Crippen LogP contribution in [0.4, 0.5) is 0 Å². The number of carboxylic acids is 1. The van der Waals surface area contributed by atoms with Gasteiger partial charge >= 0.3 is 5.97 Å². The Morgan fingerprint density at radius 3 is 2.70 bits per heavy atom. The van der Waals surface area contributed by atoms with E-state index in [9.17, 15) is 14.7 Å². The Balaban J connectivity index is 1.84. The highest BCUT2D eigenvalue weighted by molar-refractivity contribution is 5.91. The molecule has 1 N–H and O–H groups in total. The molecule has 2 unspecified atom stereocenters. The van der Waals surface area contributed by atoms with Gasteiger partial charge in [0, 0.05) is 20.1 Å². The second-order valence-electron chi connectivity index (χ2n) is 5.81. The predicted octanol–water partition coefficient (Wildman–Crippen LogP) is 2.08. The smallest absolute Gasteiger partial charge is 0.326 e. The summed E-state index contributed by atoms with van der Waals surface area (Å²) in [6, 6.07) is 12.9. The summed E-state index contributed by atoms with van der Waals surface area (Å²) in [5, 5.41) is 11.4. The molecule has 1 heterocycles. The van der Waals surface area contributed by atoms with Crippen LogP contribution in [-0.4, -0.2) is 47.7 Å². The summed E-state index contributed by atoms with van der Waals surface area (Å²) in [4.78, 5) is 25.5. The van der Waals surface area contributed by atoms with Crippen LogP contribution < -0.4 is 0 Å². The number of benzene rings is 2. The monoisotopic (exact) mass is 313 g/mol. The van der Waals surface area contributed by atoms with E-state index in [1.165, 1.54) is 4.90 Å². The second kappa shape index (κ2) is 6.38. The van der Waals surface area contributed by atoms with Gasteiger partial charge in [0.25, 0.3) is 0 Å². The molecule has 0 radical (unpaired) electrons. The van der Waals surface area contributed by atoms with E-state index in [-0.39, 0.29) is 18.4 Å². The SMILES string of the molecule is COC1CC(C(=O)O)N(C(=O)Cc2cccc3ccccc23)C1. The van der Waals surface area contributed by atoms with Crippen molar-refractivity contribution in [3.05, 3.63) is 48.0 Å². The number of likely N-dealkylation sites (tertiary alicyclic amines) is 1. The summed E-state index contributed by atoms with van der Waals surface area (Å²) in [7, 11) is 1.54. The predicted molar refractivity (Wildman–Crippen MR) is 86.2 cm³/mol. The molecule has 120 valence electrons. The Morgan fingerprint density at radius 1 is 1.22 bits per heavy atom. The summed E-state index contributed by atoms with van der Waals surface area (Å²) in [5.41, 5.74) is 0.915. The van der Waals surface area contributed by atoms with Crippen molar-refractivity contribution in [1.29, 1.82) is 0 Å². The Labute approximate surface area is 134 Å². The zero-order valence-electron chi connectivity index (χ0n) is 12.9. The van der Waals surface area contributed by atoms with Crippen molar-refractivity contribution in [1.82, 2.24) is 4.90 Å². The summed E-state index contributed by atoms with van der Waals surface area (Å²) in [6.07, 6.45) is 0.321. The highest BCUT2D eigenvalue weighted by Crippen LogP contribution is 2.24. The molecule has 0 saturated carbocycles. The zero-order valence-corrected chi connectivity index (χ0v) is 12.9. The fourth-order valence-electron chi connectivity index (χ4n) is 3.19. The average Bonchev–Trinajstić information content (AvgIpc) is 3.00. The standard InChI is InChI=1S/C18H19NO4/c1-23-14-10-16(18(21)22)19(11-14)17(20)9-13-7-4-6-12-5-2-3-8-15(12)13/h2-8,14,16H,9-11H2,1H3,(H,21,22). The molecule has 2 aromatic carbocycles. The van der Waals surface area contributed by atoms with E-state index in [1.54, 1.807) is 7.11 Å².